The molecule has 1 aromatic heterocycles. The maximum Gasteiger partial charge on any atom is 0.270 e. The van der Waals surface area contributed by atoms with Gasteiger partial charge in [0, 0.05) is 50.2 Å². The van der Waals surface area contributed by atoms with Crippen molar-refractivity contribution in [3.8, 4) is 10.6 Å². The normalized spacial score (nSPS) is 15.5. The number of amides is 1. The largest absolute Gasteiger partial charge is 0.349 e. The molecule has 0 saturated carbocycles. The molecule has 1 saturated heterocycles. The lowest BCUT2D eigenvalue weighted by Crippen LogP contribution is -2.46. The van der Waals surface area contributed by atoms with Gasteiger partial charge in [0.1, 0.15) is 10.7 Å². The lowest BCUT2D eigenvalue weighted by atomic mass is 10.0. The number of thiazole rings is 1. The summed E-state index contributed by atoms with van der Waals surface area (Å²) >= 11 is 1.52. The number of aromatic nitrogens is 1. The first-order chi connectivity index (χ1) is 12.1. The molecular weight excluding hydrogens is 332 g/mol. The number of carbonyl (C=O) groups excluding carboxylic acids is 1. The highest BCUT2D eigenvalue weighted by Gasteiger charge is 2.13. The summed E-state index contributed by atoms with van der Waals surface area (Å²) < 4.78 is 0. The van der Waals surface area contributed by atoms with E-state index in [0.717, 1.165) is 43.3 Å². The summed E-state index contributed by atoms with van der Waals surface area (Å²) in [7, 11) is 0. The molecular formula is C19H26N4OS. The van der Waals surface area contributed by atoms with Crippen molar-refractivity contribution >= 4 is 17.2 Å². The molecule has 2 N–H and O–H groups in total. The van der Waals surface area contributed by atoms with Gasteiger partial charge in [0.25, 0.3) is 5.91 Å². The summed E-state index contributed by atoms with van der Waals surface area (Å²) in [6.07, 6.45) is 0. The first-order valence-corrected chi connectivity index (χ1v) is 9.78. The average molecular weight is 359 g/mol. The summed E-state index contributed by atoms with van der Waals surface area (Å²) in [6.45, 7) is 10.1. The molecule has 6 heteroatoms. The van der Waals surface area contributed by atoms with Crippen LogP contribution in [-0.4, -0.2) is 55.1 Å². The van der Waals surface area contributed by atoms with Crippen molar-refractivity contribution in [3.05, 3.63) is 40.9 Å². The van der Waals surface area contributed by atoms with Crippen molar-refractivity contribution in [2.24, 2.45) is 0 Å². The maximum atomic E-state index is 12.3. The number of benzene rings is 1. The Bertz CT molecular complexity index is 690. The smallest absolute Gasteiger partial charge is 0.270 e. The SMILES string of the molecule is CC(C)c1ccc(-c2nc(C(=O)NCCN3CCNCC3)cs2)cc1. The molecule has 2 aromatic rings. The van der Waals surface area contributed by atoms with Crippen molar-refractivity contribution in [1.29, 1.82) is 0 Å². The molecule has 0 unspecified atom stereocenters. The monoisotopic (exact) mass is 358 g/mol. The number of carbonyl (C=O) groups is 1. The Balaban J connectivity index is 1.54. The van der Waals surface area contributed by atoms with Crippen LogP contribution in [0.25, 0.3) is 10.6 Å². The fourth-order valence-electron chi connectivity index (χ4n) is 2.87. The Morgan fingerprint density at radius 2 is 2.00 bits per heavy atom. The van der Waals surface area contributed by atoms with Gasteiger partial charge in [-0.3, -0.25) is 9.69 Å². The number of nitrogens with one attached hydrogen (secondary N) is 2. The van der Waals surface area contributed by atoms with Crippen molar-refractivity contribution in [3.63, 3.8) is 0 Å². The zero-order valence-corrected chi connectivity index (χ0v) is 15.7. The summed E-state index contributed by atoms with van der Waals surface area (Å²) in [4.78, 5) is 19.1. The van der Waals surface area contributed by atoms with E-state index in [1.165, 1.54) is 16.9 Å². The molecule has 1 aliphatic heterocycles. The predicted molar refractivity (Wildman–Crippen MR) is 103 cm³/mol. The van der Waals surface area contributed by atoms with Gasteiger partial charge in [0.15, 0.2) is 0 Å². The summed E-state index contributed by atoms with van der Waals surface area (Å²) in [6, 6.07) is 8.43. The van der Waals surface area contributed by atoms with E-state index in [-0.39, 0.29) is 5.91 Å². The van der Waals surface area contributed by atoms with Gasteiger partial charge < -0.3 is 10.6 Å². The van der Waals surface area contributed by atoms with Crippen LogP contribution in [0.3, 0.4) is 0 Å². The van der Waals surface area contributed by atoms with Crippen LogP contribution >= 0.6 is 11.3 Å². The van der Waals surface area contributed by atoms with Gasteiger partial charge in [0.05, 0.1) is 0 Å². The van der Waals surface area contributed by atoms with Crippen LogP contribution in [0.1, 0.15) is 35.8 Å². The Morgan fingerprint density at radius 3 is 2.68 bits per heavy atom. The number of rotatable bonds is 6. The summed E-state index contributed by atoms with van der Waals surface area (Å²) in [5, 5.41) is 9.04. The Labute approximate surface area is 153 Å². The maximum absolute atomic E-state index is 12.3. The van der Waals surface area contributed by atoms with Gasteiger partial charge >= 0.3 is 0 Å². The van der Waals surface area contributed by atoms with E-state index >= 15 is 0 Å². The van der Waals surface area contributed by atoms with Crippen LogP contribution in [-0.2, 0) is 0 Å². The van der Waals surface area contributed by atoms with Crippen LogP contribution in [0.4, 0.5) is 0 Å². The third kappa shape index (κ3) is 4.87. The molecule has 1 aromatic carbocycles. The molecule has 1 amide bonds. The highest BCUT2D eigenvalue weighted by Crippen LogP contribution is 2.25. The summed E-state index contributed by atoms with van der Waals surface area (Å²) in [5.41, 5.74) is 2.88. The number of nitrogens with zero attached hydrogens (tertiary/aromatic N) is 2. The average Bonchev–Trinajstić information content (AvgIpc) is 3.13. The van der Waals surface area contributed by atoms with Crippen LogP contribution < -0.4 is 10.6 Å². The molecule has 0 aliphatic carbocycles. The number of hydrogen-bond donors (Lipinski definition) is 2. The quantitative estimate of drug-likeness (QED) is 0.833. The molecule has 5 nitrogen and oxygen atoms in total. The van der Waals surface area contributed by atoms with Crippen LogP contribution in [0.15, 0.2) is 29.6 Å². The van der Waals surface area contributed by atoms with Crippen molar-refractivity contribution < 1.29 is 4.79 Å². The predicted octanol–water partition coefficient (Wildman–Crippen LogP) is 2.57. The van der Waals surface area contributed by atoms with E-state index in [2.05, 4.69) is 58.6 Å². The fraction of sp³-hybridized carbons (Fsp3) is 0.474. The van der Waals surface area contributed by atoms with Crippen molar-refractivity contribution in [2.75, 3.05) is 39.3 Å². The third-order valence-electron chi connectivity index (χ3n) is 4.48. The zero-order valence-electron chi connectivity index (χ0n) is 14.9. The molecule has 134 valence electrons. The van der Waals surface area contributed by atoms with Crippen LogP contribution in [0.2, 0.25) is 0 Å². The van der Waals surface area contributed by atoms with Crippen LogP contribution in [0.5, 0.6) is 0 Å². The standard InChI is InChI=1S/C19H26N4OS/c1-14(2)15-3-5-16(6-4-15)19-22-17(13-25-19)18(24)21-9-12-23-10-7-20-8-11-23/h3-6,13-14,20H,7-12H2,1-2H3,(H,21,24). The molecule has 0 bridgehead atoms. The van der Waals surface area contributed by atoms with Gasteiger partial charge in [-0.2, -0.15) is 0 Å². The van der Waals surface area contributed by atoms with Gasteiger partial charge in [-0.25, -0.2) is 4.98 Å². The Kier molecular flexibility index (Phi) is 6.18. The van der Waals surface area contributed by atoms with Crippen LogP contribution in [0, 0.1) is 0 Å². The minimum atomic E-state index is -0.0866. The van der Waals surface area contributed by atoms with Crippen molar-refractivity contribution in [1.82, 2.24) is 20.5 Å². The second kappa shape index (κ2) is 8.56. The van der Waals surface area contributed by atoms with Gasteiger partial charge in [-0.1, -0.05) is 38.1 Å². The lowest BCUT2D eigenvalue weighted by Gasteiger charge is -2.26. The van der Waals surface area contributed by atoms with E-state index < -0.39 is 0 Å². The molecule has 1 fully saturated rings. The molecule has 0 spiro atoms. The molecule has 3 rings (SSSR count). The molecule has 2 heterocycles. The fourth-order valence-corrected chi connectivity index (χ4v) is 3.68. The number of piperazine rings is 1. The summed E-state index contributed by atoms with van der Waals surface area (Å²) in [5.74, 6) is 0.429. The number of hydrogen-bond acceptors (Lipinski definition) is 5. The second-order valence-corrected chi connectivity index (χ2v) is 7.52. The van der Waals surface area contributed by atoms with E-state index in [9.17, 15) is 4.79 Å². The first-order valence-electron chi connectivity index (χ1n) is 8.90. The highest BCUT2D eigenvalue weighted by molar-refractivity contribution is 7.13. The minimum Gasteiger partial charge on any atom is -0.349 e. The van der Waals surface area contributed by atoms with E-state index in [4.69, 9.17) is 0 Å². The molecule has 25 heavy (non-hydrogen) atoms. The first kappa shape index (κ1) is 18.0. The Morgan fingerprint density at radius 1 is 1.28 bits per heavy atom. The molecule has 0 radical (unpaired) electrons. The van der Waals surface area contributed by atoms with Gasteiger partial charge in [0.2, 0.25) is 0 Å². The molecule has 1 aliphatic rings. The third-order valence-corrected chi connectivity index (χ3v) is 5.38. The van der Waals surface area contributed by atoms with E-state index in [1.807, 2.05) is 5.38 Å². The highest BCUT2D eigenvalue weighted by atomic mass is 32.1. The topological polar surface area (TPSA) is 57.3 Å². The van der Waals surface area contributed by atoms with Gasteiger partial charge in [-0.15, -0.1) is 11.3 Å². The van der Waals surface area contributed by atoms with Gasteiger partial charge in [-0.05, 0) is 11.5 Å². The lowest BCUT2D eigenvalue weighted by molar-refractivity contribution is 0.0943. The van der Waals surface area contributed by atoms with Crippen molar-refractivity contribution in [2.45, 2.75) is 19.8 Å². The molecule has 0 atom stereocenters. The Hall–Kier alpha value is -1.76. The van der Waals surface area contributed by atoms with E-state index in [1.54, 1.807) is 0 Å². The zero-order chi connectivity index (χ0) is 17.6. The van der Waals surface area contributed by atoms with E-state index in [0.29, 0.717) is 18.2 Å². The second-order valence-electron chi connectivity index (χ2n) is 6.66. The minimum absolute atomic E-state index is 0.0866.